The minimum Gasteiger partial charge on any atom is -0.345 e. The van der Waals surface area contributed by atoms with E-state index in [4.69, 9.17) is 0 Å². The number of amides is 1. The summed E-state index contributed by atoms with van der Waals surface area (Å²) in [6, 6.07) is 4.47. The molecule has 0 aliphatic rings. The first-order valence-corrected chi connectivity index (χ1v) is 8.41. The Hall–Kier alpha value is 0.0600. The van der Waals surface area contributed by atoms with Crippen molar-refractivity contribution in [3.63, 3.8) is 0 Å². The maximum absolute atomic E-state index is 13.7. The first-order valence-electron chi connectivity index (χ1n) is 5.38. The first-order chi connectivity index (χ1) is 8.49. The number of nitrogens with one attached hydrogen (secondary N) is 1. The molecule has 1 N–H and O–H groups in total. The predicted molar refractivity (Wildman–Crippen MR) is 82.2 cm³/mol. The molecule has 0 aliphatic heterocycles. The van der Waals surface area contributed by atoms with Gasteiger partial charge in [0.1, 0.15) is 5.82 Å². The van der Waals surface area contributed by atoms with E-state index in [1.807, 2.05) is 6.92 Å². The zero-order chi connectivity index (χ0) is 13.8. The third kappa shape index (κ3) is 3.54. The number of hydrogen-bond donors (Lipinski definition) is 1. The van der Waals surface area contributed by atoms with Crippen LogP contribution in [0.2, 0.25) is 0 Å². The van der Waals surface area contributed by atoms with Crippen LogP contribution in [0.25, 0.3) is 0 Å². The third-order valence-corrected chi connectivity index (χ3v) is 5.56. The molecule has 0 spiro atoms. The van der Waals surface area contributed by atoms with E-state index in [0.29, 0.717) is 15.1 Å². The number of halogens is 4. The topological polar surface area (TPSA) is 29.1 Å². The number of rotatable bonds is 5. The molecule has 2 nitrogen and oxygen atoms in total. The zero-order valence-electron chi connectivity index (χ0n) is 9.77. The highest BCUT2D eigenvalue weighted by molar-refractivity contribution is 9.10. The quantitative estimate of drug-likeness (QED) is 0.674. The fraction of sp³-hybridized carbons (Fsp3) is 0.417. The molecular weight excluding hydrogens is 433 g/mol. The molecule has 1 rings (SSSR count). The van der Waals surface area contributed by atoms with Gasteiger partial charge in [0.25, 0.3) is 5.91 Å². The molecule has 1 aromatic carbocycles. The summed E-state index contributed by atoms with van der Waals surface area (Å²) in [5.74, 6) is -0.947. The highest BCUT2D eigenvalue weighted by atomic mass is 79.9. The molecule has 0 unspecified atom stereocenters. The lowest BCUT2D eigenvalue weighted by Gasteiger charge is -2.30. The number of alkyl halides is 2. The molecule has 0 aromatic heterocycles. The molecule has 0 bridgehead atoms. The van der Waals surface area contributed by atoms with Crippen LogP contribution in [0.4, 0.5) is 4.39 Å². The van der Waals surface area contributed by atoms with Crippen LogP contribution in [0.1, 0.15) is 23.7 Å². The van der Waals surface area contributed by atoms with Crippen molar-refractivity contribution < 1.29 is 9.18 Å². The van der Waals surface area contributed by atoms with Gasteiger partial charge in [0, 0.05) is 15.1 Å². The monoisotopic (exact) mass is 443 g/mol. The molecule has 0 aliphatic carbocycles. The molecule has 0 saturated carbocycles. The third-order valence-electron chi connectivity index (χ3n) is 2.76. The van der Waals surface area contributed by atoms with Crippen molar-refractivity contribution in [2.24, 2.45) is 0 Å². The van der Waals surface area contributed by atoms with Crippen LogP contribution >= 0.6 is 47.8 Å². The van der Waals surface area contributed by atoms with Gasteiger partial charge in [0.2, 0.25) is 0 Å². The molecule has 1 amide bonds. The number of carbonyl (C=O) groups excluding carboxylic acids is 1. The largest absolute Gasteiger partial charge is 0.345 e. The van der Waals surface area contributed by atoms with Crippen LogP contribution in [0.3, 0.4) is 0 Å². The molecule has 6 heteroatoms. The lowest BCUT2D eigenvalue weighted by molar-refractivity contribution is 0.0910. The average Bonchev–Trinajstić information content (AvgIpc) is 2.36. The molecule has 100 valence electrons. The van der Waals surface area contributed by atoms with Gasteiger partial charge in [0.15, 0.2) is 0 Å². The fourth-order valence-corrected chi connectivity index (χ4v) is 3.92. The Kier molecular flexibility index (Phi) is 6.27. The molecule has 0 saturated heterocycles. The zero-order valence-corrected chi connectivity index (χ0v) is 14.5. The summed E-state index contributed by atoms with van der Waals surface area (Å²) >= 11 is 9.96. The van der Waals surface area contributed by atoms with Gasteiger partial charge in [-0.2, -0.15) is 0 Å². The Morgan fingerprint density at radius 1 is 1.39 bits per heavy atom. The van der Waals surface area contributed by atoms with Gasteiger partial charge in [-0.1, -0.05) is 44.8 Å². The van der Waals surface area contributed by atoms with E-state index in [0.717, 1.165) is 6.42 Å². The maximum Gasteiger partial charge on any atom is 0.255 e. The van der Waals surface area contributed by atoms with E-state index in [2.05, 4.69) is 53.1 Å². The van der Waals surface area contributed by atoms with E-state index < -0.39 is 17.3 Å². The Bertz CT molecular complexity index is 407. The second-order valence-electron chi connectivity index (χ2n) is 3.95. The van der Waals surface area contributed by atoms with Crippen LogP contribution in [0.5, 0.6) is 0 Å². The van der Waals surface area contributed by atoms with Gasteiger partial charge in [-0.15, -0.1) is 0 Å². The summed E-state index contributed by atoms with van der Waals surface area (Å²) in [5, 5.41) is 4.07. The van der Waals surface area contributed by atoms with Crippen LogP contribution in [-0.4, -0.2) is 22.1 Å². The van der Waals surface area contributed by atoms with E-state index in [1.54, 1.807) is 12.1 Å². The van der Waals surface area contributed by atoms with Gasteiger partial charge in [-0.05, 0) is 34.5 Å². The summed E-state index contributed by atoms with van der Waals surface area (Å²) < 4.78 is 14.1. The van der Waals surface area contributed by atoms with E-state index in [-0.39, 0.29) is 5.56 Å². The number of benzene rings is 1. The summed E-state index contributed by atoms with van der Waals surface area (Å²) in [4.78, 5) is 12.2. The van der Waals surface area contributed by atoms with Crippen molar-refractivity contribution >= 4 is 53.7 Å². The Balaban J connectivity index is 3.02. The summed E-state index contributed by atoms with van der Waals surface area (Å²) in [6.07, 6.45) is 0.737. The van der Waals surface area contributed by atoms with Crippen LogP contribution in [0.15, 0.2) is 22.7 Å². The Morgan fingerprint density at radius 2 is 2.00 bits per heavy atom. The normalized spacial score (nSPS) is 11.4. The number of carbonyl (C=O) groups is 1. The van der Waals surface area contributed by atoms with Gasteiger partial charge in [0.05, 0.1) is 11.1 Å². The first kappa shape index (κ1) is 16.1. The standard InChI is InChI=1S/C12H13Br3FNO/c1-2-12(6-13,7-14)17-11(18)10-8(15)4-3-5-9(10)16/h3-5H,2,6-7H2,1H3,(H,17,18). The SMILES string of the molecule is CCC(CBr)(CBr)NC(=O)c1c(F)cccc1Br. The van der Waals surface area contributed by atoms with Gasteiger partial charge in [-0.25, -0.2) is 4.39 Å². The van der Waals surface area contributed by atoms with Crippen molar-refractivity contribution in [2.75, 3.05) is 10.7 Å². The van der Waals surface area contributed by atoms with Gasteiger partial charge in [-0.3, -0.25) is 4.79 Å². The van der Waals surface area contributed by atoms with Crippen LogP contribution in [-0.2, 0) is 0 Å². The van der Waals surface area contributed by atoms with Crippen molar-refractivity contribution in [1.29, 1.82) is 0 Å². The fourth-order valence-electron chi connectivity index (χ4n) is 1.40. The van der Waals surface area contributed by atoms with Crippen LogP contribution in [0, 0.1) is 5.82 Å². The van der Waals surface area contributed by atoms with Gasteiger partial charge < -0.3 is 5.32 Å². The molecule has 1 aromatic rings. The molecule has 0 radical (unpaired) electrons. The highest BCUT2D eigenvalue weighted by Crippen LogP contribution is 2.22. The molecular formula is C12H13Br3FNO. The second-order valence-corrected chi connectivity index (χ2v) is 5.93. The molecule has 0 fully saturated rings. The molecule has 18 heavy (non-hydrogen) atoms. The highest BCUT2D eigenvalue weighted by Gasteiger charge is 2.29. The summed E-state index contributed by atoms with van der Waals surface area (Å²) in [5.41, 5.74) is -0.379. The lowest BCUT2D eigenvalue weighted by atomic mass is 10.0. The van der Waals surface area contributed by atoms with Crippen molar-refractivity contribution in [2.45, 2.75) is 18.9 Å². The van der Waals surface area contributed by atoms with E-state index >= 15 is 0 Å². The average molecular weight is 446 g/mol. The van der Waals surface area contributed by atoms with Crippen LogP contribution < -0.4 is 5.32 Å². The van der Waals surface area contributed by atoms with E-state index in [9.17, 15) is 9.18 Å². The molecule has 0 heterocycles. The van der Waals surface area contributed by atoms with Crippen molar-refractivity contribution in [3.05, 3.63) is 34.1 Å². The van der Waals surface area contributed by atoms with E-state index in [1.165, 1.54) is 6.07 Å². The number of hydrogen-bond acceptors (Lipinski definition) is 1. The lowest BCUT2D eigenvalue weighted by Crippen LogP contribution is -2.51. The minimum atomic E-state index is -0.531. The minimum absolute atomic E-state index is 0.0391. The summed E-state index contributed by atoms with van der Waals surface area (Å²) in [7, 11) is 0. The second kappa shape index (κ2) is 7.01. The maximum atomic E-state index is 13.7. The molecule has 0 atom stereocenters. The predicted octanol–water partition coefficient (Wildman–Crippen LogP) is 4.26. The van der Waals surface area contributed by atoms with Crippen molar-refractivity contribution in [3.8, 4) is 0 Å². The Labute approximate surface area is 131 Å². The van der Waals surface area contributed by atoms with Crippen molar-refractivity contribution in [1.82, 2.24) is 5.32 Å². The summed E-state index contributed by atoms with van der Waals surface area (Å²) in [6.45, 7) is 1.97. The Morgan fingerprint density at radius 3 is 2.44 bits per heavy atom. The van der Waals surface area contributed by atoms with Gasteiger partial charge >= 0.3 is 0 Å². The smallest absolute Gasteiger partial charge is 0.255 e.